The molecule has 0 unspecified atom stereocenters. The molecule has 0 radical (unpaired) electrons. The van der Waals surface area contributed by atoms with Gasteiger partial charge in [0.1, 0.15) is 0 Å². The van der Waals surface area contributed by atoms with Gasteiger partial charge in [-0.1, -0.05) is 0 Å². The van der Waals surface area contributed by atoms with Gasteiger partial charge in [0.05, 0.1) is 14.2 Å². The number of allylic oxidation sites excluding steroid dienone is 2. The molecule has 0 atom stereocenters. The monoisotopic (exact) mass is 224 g/mol. The molecule has 16 heavy (non-hydrogen) atoms. The summed E-state index contributed by atoms with van der Waals surface area (Å²) in [4.78, 5) is 22.9. The summed E-state index contributed by atoms with van der Waals surface area (Å²) in [7, 11) is 2.72. The van der Waals surface area contributed by atoms with E-state index in [1.165, 1.54) is 14.2 Å². The molecule has 0 amide bonds. The maximum atomic E-state index is 11.5. The molecule has 4 heteroatoms. The first kappa shape index (κ1) is 12.5. The molecule has 88 valence electrons. The molecule has 0 N–H and O–H groups in total. The van der Waals surface area contributed by atoms with Crippen LogP contribution in [0.3, 0.4) is 0 Å². The summed E-state index contributed by atoms with van der Waals surface area (Å²) in [5, 5.41) is 0. The van der Waals surface area contributed by atoms with E-state index in [0.717, 1.165) is 11.1 Å². The molecule has 0 aromatic rings. The van der Waals surface area contributed by atoms with Crippen molar-refractivity contribution in [1.82, 2.24) is 0 Å². The van der Waals surface area contributed by atoms with Gasteiger partial charge in [0, 0.05) is 11.1 Å². The van der Waals surface area contributed by atoms with Gasteiger partial charge in [0.25, 0.3) is 0 Å². The minimum absolute atomic E-state index is 0.319. The van der Waals surface area contributed by atoms with Gasteiger partial charge >= 0.3 is 11.9 Å². The largest absolute Gasteiger partial charge is 0.466 e. The third-order valence-corrected chi connectivity index (χ3v) is 2.96. The first-order chi connectivity index (χ1) is 7.52. The smallest absolute Gasteiger partial charge is 0.334 e. The van der Waals surface area contributed by atoms with Gasteiger partial charge in [-0.15, -0.1) is 0 Å². The number of ether oxygens (including phenoxy) is 2. The average molecular weight is 224 g/mol. The van der Waals surface area contributed by atoms with E-state index < -0.39 is 0 Å². The molecule has 1 rings (SSSR count). The lowest BCUT2D eigenvalue weighted by atomic mass is 9.87. The van der Waals surface area contributed by atoms with Crippen LogP contribution in [-0.2, 0) is 19.1 Å². The number of carbonyl (C=O) groups excluding carboxylic acids is 2. The van der Waals surface area contributed by atoms with Crippen LogP contribution in [0.1, 0.15) is 26.7 Å². The summed E-state index contributed by atoms with van der Waals surface area (Å²) in [6, 6.07) is 0. The number of methoxy groups -OCH3 is 2. The third kappa shape index (κ3) is 2.15. The summed E-state index contributed by atoms with van der Waals surface area (Å²) in [5.41, 5.74) is 2.93. The van der Waals surface area contributed by atoms with Crippen molar-refractivity contribution in [1.29, 1.82) is 0 Å². The van der Waals surface area contributed by atoms with Gasteiger partial charge in [-0.3, -0.25) is 0 Å². The lowest BCUT2D eigenvalue weighted by molar-refractivity contribution is -0.138. The van der Waals surface area contributed by atoms with Gasteiger partial charge in [-0.2, -0.15) is 0 Å². The van der Waals surface area contributed by atoms with E-state index in [1.807, 2.05) is 13.8 Å². The van der Waals surface area contributed by atoms with Crippen molar-refractivity contribution in [3.63, 3.8) is 0 Å². The fourth-order valence-electron chi connectivity index (χ4n) is 1.83. The van der Waals surface area contributed by atoms with E-state index in [2.05, 4.69) is 0 Å². The normalized spacial score (nSPS) is 16.2. The lowest BCUT2D eigenvalue weighted by Crippen LogP contribution is -2.16. The highest BCUT2D eigenvalue weighted by atomic mass is 16.5. The maximum Gasteiger partial charge on any atom is 0.334 e. The summed E-state index contributed by atoms with van der Waals surface area (Å²) >= 11 is 0. The van der Waals surface area contributed by atoms with Crippen molar-refractivity contribution in [3.8, 4) is 0 Å². The zero-order chi connectivity index (χ0) is 12.3. The number of hydrogen-bond donors (Lipinski definition) is 0. The topological polar surface area (TPSA) is 52.6 Å². The summed E-state index contributed by atoms with van der Waals surface area (Å²) in [6.45, 7) is 3.65. The number of hydrogen-bond acceptors (Lipinski definition) is 4. The van der Waals surface area contributed by atoms with Crippen LogP contribution in [0.5, 0.6) is 0 Å². The Morgan fingerprint density at radius 3 is 1.44 bits per heavy atom. The Morgan fingerprint density at radius 2 is 1.19 bits per heavy atom. The molecule has 4 nitrogen and oxygen atoms in total. The standard InChI is InChI=1S/C12H16O4/c1-7-8(2)10(12(14)16-4)6-5-9(7)11(13)15-3/h5-6H2,1-4H3. The number of esters is 2. The van der Waals surface area contributed by atoms with Crippen molar-refractivity contribution in [3.05, 3.63) is 22.3 Å². The Balaban J connectivity index is 3.13. The quantitative estimate of drug-likeness (QED) is 0.671. The zero-order valence-electron chi connectivity index (χ0n) is 10.0. The van der Waals surface area contributed by atoms with Crippen molar-refractivity contribution < 1.29 is 19.1 Å². The second-order valence-corrected chi connectivity index (χ2v) is 3.69. The Morgan fingerprint density at radius 1 is 0.875 bits per heavy atom. The minimum atomic E-state index is -0.319. The molecule has 1 aliphatic carbocycles. The van der Waals surface area contributed by atoms with E-state index in [9.17, 15) is 9.59 Å². The van der Waals surface area contributed by atoms with Gasteiger partial charge in [-0.25, -0.2) is 9.59 Å². The molecule has 0 aliphatic heterocycles. The molecule has 0 aromatic heterocycles. The van der Waals surface area contributed by atoms with Crippen molar-refractivity contribution in [2.45, 2.75) is 26.7 Å². The van der Waals surface area contributed by atoms with E-state index in [1.54, 1.807) is 0 Å². The van der Waals surface area contributed by atoms with Gasteiger partial charge in [0.2, 0.25) is 0 Å². The summed E-state index contributed by atoms with van der Waals surface area (Å²) in [5.74, 6) is -0.637. The van der Waals surface area contributed by atoms with E-state index in [4.69, 9.17) is 9.47 Å². The maximum absolute atomic E-state index is 11.5. The summed E-state index contributed by atoms with van der Waals surface area (Å²) < 4.78 is 9.39. The van der Waals surface area contributed by atoms with Crippen LogP contribution in [0.25, 0.3) is 0 Å². The first-order valence-corrected chi connectivity index (χ1v) is 5.09. The van der Waals surface area contributed by atoms with Gasteiger partial charge < -0.3 is 9.47 Å². The lowest BCUT2D eigenvalue weighted by Gasteiger charge is -2.19. The van der Waals surface area contributed by atoms with E-state index in [-0.39, 0.29) is 11.9 Å². The molecular weight excluding hydrogens is 208 g/mol. The molecule has 1 aliphatic rings. The van der Waals surface area contributed by atoms with Crippen LogP contribution < -0.4 is 0 Å². The minimum Gasteiger partial charge on any atom is -0.466 e. The van der Waals surface area contributed by atoms with Crippen molar-refractivity contribution in [2.75, 3.05) is 14.2 Å². The predicted octanol–water partition coefficient (Wildman–Crippen LogP) is 1.76. The molecule has 0 fully saturated rings. The number of carbonyl (C=O) groups is 2. The van der Waals surface area contributed by atoms with E-state index in [0.29, 0.717) is 24.0 Å². The molecule has 0 spiro atoms. The van der Waals surface area contributed by atoms with E-state index >= 15 is 0 Å². The predicted molar refractivity (Wildman–Crippen MR) is 58.7 cm³/mol. The highest BCUT2D eigenvalue weighted by molar-refractivity contribution is 5.95. The van der Waals surface area contributed by atoms with Crippen LogP contribution in [0.4, 0.5) is 0 Å². The Hall–Kier alpha value is -1.58. The third-order valence-electron chi connectivity index (χ3n) is 2.96. The Bertz CT molecular complexity index is 350. The summed E-state index contributed by atoms with van der Waals surface area (Å²) in [6.07, 6.45) is 1.06. The molecule has 0 heterocycles. The van der Waals surface area contributed by atoms with Crippen LogP contribution in [0.15, 0.2) is 22.3 Å². The van der Waals surface area contributed by atoms with Gasteiger partial charge in [0.15, 0.2) is 0 Å². The molecule has 0 saturated carbocycles. The van der Waals surface area contributed by atoms with Crippen LogP contribution in [0.2, 0.25) is 0 Å². The fourth-order valence-corrected chi connectivity index (χ4v) is 1.83. The highest BCUT2D eigenvalue weighted by Crippen LogP contribution is 2.31. The average Bonchev–Trinajstić information content (AvgIpc) is 2.30. The second-order valence-electron chi connectivity index (χ2n) is 3.69. The molecular formula is C12H16O4. The fraction of sp³-hybridized carbons (Fsp3) is 0.500. The van der Waals surface area contributed by atoms with Crippen molar-refractivity contribution >= 4 is 11.9 Å². The number of rotatable bonds is 2. The van der Waals surface area contributed by atoms with Crippen LogP contribution >= 0.6 is 0 Å². The SMILES string of the molecule is COC(=O)C1=C(C)C(C)=C(C(=O)OC)CC1. The molecule has 0 aromatic carbocycles. The van der Waals surface area contributed by atoms with Crippen LogP contribution in [-0.4, -0.2) is 26.2 Å². The molecule has 0 bridgehead atoms. The van der Waals surface area contributed by atoms with Crippen molar-refractivity contribution in [2.24, 2.45) is 0 Å². The highest BCUT2D eigenvalue weighted by Gasteiger charge is 2.25. The first-order valence-electron chi connectivity index (χ1n) is 5.09. The zero-order valence-corrected chi connectivity index (χ0v) is 10.0. The van der Waals surface area contributed by atoms with Crippen LogP contribution in [0, 0.1) is 0 Å². The van der Waals surface area contributed by atoms with Gasteiger partial charge in [-0.05, 0) is 37.8 Å². The molecule has 0 saturated heterocycles. The second kappa shape index (κ2) is 4.96. The Labute approximate surface area is 94.9 Å². The Kier molecular flexibility index (Phi) is 3.88.